The van der Waals surface area contributed by atoms with Crippen LogP contribution in [-0.2, 0) is 17.6 Å². The molecule has 0 spiro atoms. The van der Waals surface area contributed by atoms with Crippen LogP contribution in [0.3, 0.4) is 0 Å². The molecule has 5 nitrogen and oxygen atoms in total. The number of carbonyl (C=O) groups excluding carboxylic acids is 1. The summed E-state index contributed by atoms with van der Waals surface area (Å²) >= 11 is 0. The summed E-state index contributed by atoms with van der Waals surface area (Å²) in [6.45, 7) is 8.60. The Morgan fingerprint density at radius 1 is 1.39 bits per heavy atom. The van der Waals surface area contributed by atoms with Crippen LogP contribution in [0.1, 0.15) is 58.0 Å². The number of amides is 1. The maximum atomic E-state index is 11.1. The summed E-state index contributed by atoms with van der Waals surface area (Å²) in [6, 6.07) is 0.307. The summed E-state index contributed by atoms with van der Waals surface area (Å²) in [5.41, 5.74) is 7.06. The van der Waals surface area contributed by atoms with E-state index in [0.717, 1.165) is 30.7 Å². The van der Waals surface area contributed by atoms with E-state index in [9.17, 15) is 4.79 Å². The zero-order valence-corrected chi connectivity index (χ0v) is 11.8. The van der Waals surface area contributed by atoms with Gasteiger partial charge < -0.3 is 5.73 Å². The van der Waals surface area contributed by atoms with Crippen molar-refractivity contribution in [2.45, 2.75) is 59.4 Å². The predicted octanol–water partition coefficient (Wildman–Crippen LogP) is 1.87. The van der Waals surface area contributed by atoms with Gasteiger partial charge in [0, 0.05) is 0 Å². The van der Waals surface area contributed by atoms with Crippen molar-refractivity contribution in [1.82, 2.24) is 15.0 Å². The Kier molecular flexibility index (Phi) is 5.31. The van der Waals surface area contributed by atoms with Crippen molar-refractivity contribution in [2.75, 3.05) is 0 Å². The molecular formula is C13H24N4O. The van der Waals surface area contributed by atoms with Crippen LogP contribution < -0.4 is 5.73 Å². The number of hydrogen-bond donors (Lipinski definition) is 1. The lowest BCUT2D eigenvalue weighted by Gasteiger charge is -2.14. The molecular weight excluding hydrogens is 228 g/mol. The third kappa shape index (κ3) is 3.82. The summed E-state index contributed by atoms with van der Waals surface area (Å²) in [4.78, 5) is 11.1. The van der Waals surface area contributed by atoms with Crippen molar-refractivity contribution in [2.24, 2.45) is 11.7 Å². The molecule has 0 aliphatic carbocycles. The fourth-order valence-corrected chi connectivity index (χ4v) is 1.86. The third-order valence-electron chi connectivity index (χ3n) is 3.18. The number of aromatic nitrogens is 3. The number of rotatable bonds is 7. The van der Waals surface area contributed by atoms with Crippen LogP contribution in [0.25, 0.3) is 0 Å². The van der Waals surface area contributed by atoms with Gasteiger partial charge in [0.1, 0.15) is 0 Å². The minimum atomic E-state index is -0.350. The number of hydrogen-bond acceptors (Lipinski definition) is 3. The Labute approximate surface area is 109 Å². The zero-order chi connectivity index (χ0) is 13.7. The zero-order valence-electron chi connectivity index (χ0n) is 11.8. The SMILES string of the molecule is CCC(C)n1nnc(CC(N)=O)c1CCC(C)C. The molecule has 1 amide bonds. The molecule has 0 bridgehead atoms. The van der Waals surface area contributed by atoms with E-state index >= 15 is 0 Å². The van der Waals surface area contributed by atoms with Crippen LogP contribution in [0.2, 0.25) is 0 Å². The van der Waals surface area contributed by atoms with Gasteiger partial charge in [-0.15, -0.1) is 5.10 Å². The number of nitrogens with zero attached hydrogens (tertiary/aromatic N) is 3. The molecule has 0 radical (unpaired) electrons. The predicted molar refractivity (Wildman–Crippen MR) is 71.1 cm³/mol. The second kappa shape index (κ2) is 6.52. The first-order valence-corrected chi connectivity index (χ1v) is 6.66. The maximum Gasteiger partial charge on any atom is 0.223 e. The minimum absolute atomic E-state index is 0.184. The first kappa shape index (κ1) is 14.7. The van der Waals surface area contributed by atoms with Crippen molar-refractivity contribution < 1.29 is 4.79 Å². The Bertz CT molecular complexity index is 398. The van der Waals surface area contributed by atoms with Crippen molar-refractivity contribution in [3.05, 3.63) is 11.4 Å². The molecule has 0 aromatic carbocycles. The Hall–Kier alpha value is -1.39. The van der Waals surface area contributed by atoms with Gasteiger partial charge in [0.2, 0.25) is 5.91 Å². The molecule has 0 aliphatic heterocycles. The van der Waals surface area contributed by atoms with Crippen LogP contribution in [0.5, 0.6) is 0 Å². The number of primary amides is 1. The van der Waals surface area contributed by atoms with Gasteiger partial charge in [0.25, 0.3) is 0 Å². The molecule has 1 rings (SSSR count). The van der Waals surface area contributed by atoms with Crippen LogP contribution in [0, 0.1) is 5.92 Å². The maximum absolute atomic E-state index is 11.1. The minimum Gasteiger partial charge on any atom is -0.369 e. The molecule has 102 valence electrons. The number of nitrogens with two attached hydrogens (primary N) is 1. The third-order valence-corrected chi connectivity index (χ3v) is 3.18. The molecule has 0 saturated heterocycles. The van der Waals surface area contributed by atoms with Crippen LogP contribution >= 0.6 is 0 Å². The lowest BCUT2D eigenvalue weighted by molar-refractivity contribution is -0.117. The van der Waals surface area contributed by atoms with E-state index in [1.807, 2.05) is 4.68 Å². The second-order valence-electron chi connectivity index (χ2n) is 5.26. The molecule has 2 N–H and O–H groups in total. The summed E-state index contributed by atoms with van der Waals surface area (Å²) in [6.07, 6.45) is 3.14. The smallest absolute Gasteiger partial charge is 0.223 e. The highest BCUT2D eigenvalue weighted by Gasteiger charge is 2.17. The average molecular weight is 252 g/mol. The molecule has 0 aliphatic rings. The van der Waals surface area contributed by atoms with Gasteiger partial charge in [0.05, 0.1) is 23.9 Å². The second-order valence-corrected chi connectivity index (χ2v) is 5.26. The summed E-state index contributed by atoms with van der Waals surface area (Å²) in [5.74, 6) is 0.267. The molecule has 0 saturated carbocycles. The summed E-state index contributed by atoms with van der Waals surface area (Å²) in [5, 5.41) is 8.29. The average Bonchev–Trinajstić information content (AvgIpc) is 2.67. The molecule has 18 heavy (non-hydrogen) atoms. The molecule has 1 atom stereocenters. The molecule has 1 unspecified atom stereocenters. The quantitative estimate of drug-likeness (QED) is 0.805. The molecule has 5 heteroatoms. The van der Waals surface area contributed by atoms with Gasteiger partial charge in [-0.3, -0.25) is 4.79 Å². The van der Waals surface area contributed by atoms with Crippen LogP contribution in [0.4, 0.5) is 0 Å². The highest BCUT2D eigenvalue weighted by molar-refractivity contribution is 5.76. The molecule has 1 aromatic heterocycles. The van der Waals surface area contributed by atoms with Gasteiger partial charge >= 0.3 is 0 Å². The topological polar surface area (TPSA) is 73.8 Å². The monoisotopic (exact) mass is 252 g/mol. The van der Waals surface area contributed by atoms with E-state index < -0.39 is 0 Å². The fraction of sp³-hybridized carbons (Fsp3) is 0.769. The van der Waals surface area contributed by atoms with Gasteiger partial charge in [-0.2, -0.15) is 0 Å². The standard InChI is InChI=1S/C13H24N4O/c1-5-10(4)17-12(7-6-9(2)3)11(15-16-17)8-13(14)18/h9-10H,5-8H2,1-4H3,(H2,14,18). The largest absolute Gasteiger partial charge is 0.369 e. The first-order valence-electron chi connectivity index (χ1n) is 6.66. The van der Waals surface area contributed by atoms with E-state index in [1.165, 1.54) is 0 Å². The lowest BCUT2D eigenvalue weighted by Crippen LogP contribution is -2.16. The Morgan fingerprint density at radius 2 is 2.06 bits per heavy atom. The molecule has 1 heterocycles. The number of carbonyl (C=O) groups is 1. The lowest BCUT2D eigenvalue weighted by atomic mass is 10.0. The highest BCUT2D eigenvalue weighted by Crippen LogP contribution is 2.18. The summed E-state index contributed by atoms with van der Waals surface area (Å²) < 4.78 is 1.95. The first-order chi connectivity index (χ1) is 8.45. The van der Waals surface area contributed by atoms with E-state index in [2.05, 4.69) is 38.0 Å². The Balaban J connectivity index is 2.96. The van der Waals surface area contributed by atoms with Crippen LogP contribution in [-0.4, -0.2) is 20.9 Å². The van der Waals surface area contributed by atoms with Crippen molar-refractivity contribution in [1.29, 1.82) is 0 Å². The Morgan fingerprint density at radius 3 is 2.56 bits per heavy atom. The van der Waals surface area contributed by atoms with Crippen molar-refractivity contribution in [3.8, 4) is 0 Å². The summed E-state index contributed by atoms with van der Waals surface area (Å²) in [7, 11) is 0. The van der Waals surface area contributed by atoms with Crippen molar-refractivity contribution in [3.63, 3.8) is 0 Å². The van der Waals surface area contributed by atoms with E-state index in [0.29, 0.717) is 12.0 Å². The van der Waals surface area contributed by atoms with Crippen molar-refractivity contribution >= 4 is 5.91 Å². The van der Waals surface area contributed by atoms with Crippen LogP contribution in [0.15, 0.2) is 0 Å². The normalized spacial score (nSPS) is 12.9. The van der Waals surface area contributed by atoms with E-state index in [1.54, 1.807) is 0 Å². The van der Waals surface area contributed by atoms with Gasteiger partial charge in [-0.1, -0.05) is 26.0 Å². The molecule has 0 fully saturated rings. The van der Waals surface area contributed by atoms with Gasteiger partial charge in [-0.05, 0) is 32.1 Å². The van der Waals surface area contributed by atoms with E-state index in [4.69, 9.17) is 5.73 Å². The highest BCUT2D eigenvalue weighted by atomic mass is 16.1. The van der Waals surface area contributed by atoms with E-state index in [-0.39, 0.29) is 12.3 Å². The van der Waals surface area contributed by atoms with Gasteiger partial charge in [-0.25, -0.2) is 4.68 Å². The van der Waals surface area contributed by atoms with Gasteiger partial charge in [0.15, 0.2) is 0 Å². The fourth-order valence-electron chi connectivity index (χ4n) is 1.86. The molecule has 1 aromatic rings.